The molecule has 36 heavy (non-hydrogen) atoms. The van der Waals surface area contributed by atoms with Crippen molar-refractivity contribution in [3.8, 4) is 23.2 Å². The van der Waals surface area contributed by atoms with E-state index >= 15 is 8.78 Å². The number of aromatic nitrogens is 1. The van der Waals surface area contributed by atoms with Gasteiger partial charge in [-0.1, -0.05) is 36.4 Å². The third-order valence-electron chi connectivity index (χ3n) is 6.18. The molecule has 1 aliphatic rings. The van der Waals surface area contributed by atoms with Crippen LogP contribution in [0.25, 0.3) is 11.3 Å². The van der Waals surface area contributed by atoms with Crippen LogP contribution in [0.3, 0.4) is 0 Å². The van der Waals surface area contributed by atoms with Gasteiger partial charge in [-0.25, -0.2) is 18.2 Å². The van der Waals surface area contributed by atoms with Gasteiger partial charge in [0.15, 0.2) is 0 Å². The number of hydrogen-bond donors (Lipinski definition) is 0. The van der Waals surface area contributed by atoms with E-state index in [0.717, 1.165) is 18.6 Å². The first-order valence-electron chi connectivity index (χ1n) is 11.6. The lowest BCUT2D eigenvalue weighted by atomic mass is 9.82. The summed E-state index contributed by atoms with van der Waals surface area (Å²) in [6, 6.07) is 13.1. The number of nitriles is 1. The molecular weight excluding hydrogens is 465 g/mol. The molecule has 0 bridgehead atoms. The Bertz CT molecular complexity index is 1330. The number of pyridine rings is 1. The molecule has 0 spiro atoms. The summed E-state index contributed by atoms with van der Waals surface area (Å²) in [7, 11) is 1.64. The lowest BCUT2D eigenvalue weighted by Gasteiger charge is -2.24. The molecule has 2 unspecified atom stereocenters. The van der Waals surface area contributed by atoms with E-state index in [1.54, 1.807) is 25.3 Å². The first kappa shape index (κ1) is 25.2. The molecule has 1 heterocycles. The first-order chi connectivity index (χ1) is 17.5. The van der Waals surface area contributed by atoms with Crippen LogP contribution in [-0.4, -0.2) is 18.7 Å². The van der Waals surface area contributed by atoms with Crippen molar-refractivity contribution in [2.24, 2.45) is 11.8 Å². The van der Waals surface area contributed by atoms with Crippen LogP contribution in [0, 0.1) is 40.6 Å². The molecule has 1 aromatic heterocycles. The van der Waals surface area contributed by atoms with Crippen LogP contribution in [-0.2, 0) is 17.8 Å². The zero-order chi connectivity index (χ0) is 25.5. The minimum atomic E-state index is -0.585. The van der Waals surface area contributed by atoms with Gasteiger partial charge in [-0.15, -0.1) is 0 Å². The highest BCUT2D eigenvalue weighted by Crippen LogP contribution is 2.31. The summed E-state index contributed by atoms with van der Waals surface area (Å²) in [6.45, 7) is 0.467. The van der Waals surface area contributed by atoms with Gasteiger partial charge in [0.05, 0.1) is 17.3 Å². The van der Waals surface area contributed by atoms with Gasteiger partial charge in [0, 0.05) is 30.9 Å². The second kappa shape index (κ2) is 11.7. The van der Waals surface area contributed by atoms with E-state index in [9.17, 15) is 4.39 Å². The third kappa shape index (κ3) is 6.02. The van der Waals surface area contributed by atoms with E-state index in [1.165, 1.54) is 18.2 Å². The Hall–Kier alpha value is -3.89. The summed E-state index contributed by atoms with van der Waals surface area (Å²) >= 11 is 0. The molecule has 4 nitrogen and oxygen atoms in total. The van der Waals surface area contributed by atoms with Gasteiger partial charge in [0.25, 0.3) is 0 Å². The van der Waals surface area contributed by atoms with Crippen LogP contribution >= 0.6 is 0 Å². The second-order valence-electron chi connectivity index (χ2n) is 8.57. The predicted molar refractivity (Wildman–Crippen MR) is 130 cm³/mol. The number of hydrogen-bond acceptors (Lipinski definition) is 4. The average molecular weight is 491 g/mol. The zero-order valence-corrected chi connectivity index (χ0v) is 19.8. The molecule has 0 saturated heterocycles. The Morgan fingerprint density at radius 2 is 1.69 bits per heavy atom. The summed E-state index contributed by atoms with van der Waals surface area (Å²) in [6.07, 6.45) is 9.15. The fourth-order valence-corrected chi connectivity index (χ4v) is 4.21. The molecule has 0 fully saturated rings. The molecule has 7 heteroatoms. The van der Waals surface area contributed by atoms with Crippen LogP contribution in [0.5, 0.6) is 5.88 Å². The number of methoxy groups -OCH3 is 1. The summed E-state index contributed by atoms with van der Waals surface area (Å²) in [5, 5.41) is 8.86. The molecule has 0 N–H and O–H groups in total. The van der Waals surface area contributed by atoms with Gasteiger partial charge in [0.2, 0.25) is 5.88 Å². The number of rotatable bonds is 9. The number of allylic oxidation sites excluding steroid dienone is 4. The maximum atomic E-state index is 15.1. The SMILES string of the molecule is COCCC1C=CC=CC1Cc1cc(F)c(-c2cccc(OCc3ccc(C#N)cc3F)n2)cc1F. The minimum absolute atomic E-state index is 0.0151. The number of nitrogens with zero attached hydrogens (tertiary/aromatic N) is 2. The minimum Gasteiger partial charge on any atom is -0.473 e. The summed E-state index contributed by atoms with van der Waals surface area (Å²) in [4.78, 5) is 4.28. The maximum Gasteiger partial charge on any atom is 0.214 e. The lowest BCUT2D eigenvalue weighted by molar-refractivity contribution is 0.176. The number of ether oxygens (including phenoxy) is 2. The van der Waals surface area contributed by atoms with Crippen molar-refractivity contribution >= 4 is 0 Å². The molecule has 0 radical (unpaired) electrons. The van der Waals surface area contributed by atoms with Gasteiger partial charge < -0.3 is 9.47 Å². The molecule has 0 aliphatic heterocycles. The van der Waals surface area contributed by atoms with Gasteiger partial charge in [0.1, 0.15) is 24.1 Å². The van der Waals surface area contributed by atoms with Crippen LogP contribution in [0.1, 0.15) is 23.1 Å². The summed E-state index contributed by atoms with van der Waals surface area (Å²) in [5.41, 5.74) is 0.972. The van der Waals surface area contributed by atoms with Crippen molar-refractivity contribution < 1.29 is 22.6 Å². The molecule has 3 aromatic rings. The van der Waals surface area contributed by atoms with Crippen molar-refractivity contribution in [1.82, 2.24) is 4.98 Å². The Morgan fingerprint density at radius 1 is 0.917 bits per heavy atom. The van der Waals surface area contributed by atoms with E-state index in [2.05, 4.69) is 11.1 Å². The third-order valence-corrected chi connectivity index (χ3v) is 6.18. The van der Waals surface area contributed by atoms with E-state index < -0.39 is 17.5 Å². The molecule has 0 amide bonds. The van der Waals surface area contributed by atoms with Gasteiger partial charge >= 0.3 is 0 Å². The van der Waals surface area contributed by atoms with Crippen molar-refractivity contribution in [3.63, 3.8) is 0 Å². The molecule has 1 aliphatic carbocycles. The fourth-order valence-electron chi connectivity index (χ4n) is 4.21. The van der Waals surface area contributed by atoms with Gasteiger partial charge in [-0.3, -0.25) is 0 Å². The molecular formula is C29H25F3N2O2. The molecule has 2 aromatic carbocycles. The Kier molecular flexibility index (Phi) is 8.19. The van der Waals surface area contributed by atoms with E-state index in [1.807, 2.05) is 24.3 Å². The quantitative estimate of drug-likeness (QED) is 0.341. The predicted octanol–water partition coefficient (Wildman–Crippen LogP) is 6.55. The van der Waals surface area contributed by atoms with Crippen LogP contribution in [0.2, 0.25) is 0 Å². The molecule has 184 valence electrons. The van der Waals surface area contributed by atoms with Crippen LogP contribution in [0.4, 0.5) is 13.2 Å². The monoisotopic (exact) mass is 490 g/mol. The molecule has 4 rings (SSSR count). The van der Waals surface area contributed by atoms with Crippen LogP contribution < -0.4 is 4.74 Å². The van der Waals surface area contributed by atoms with Gasteiger partial charge in [-0.2, -0.15) is 5.26 Å². The van der Waals surface area contributed by atoms with Crippen molar-refractivity contribution in [2.75, 3.05) is 13.7 Å². The molecule has 2 atom stereocenters. The Balaban J connectivity index is 1.49. The van der Waals surface area contributed by atoms with E-state index in [4.69, 9.17) is 14.7 Å². The van der Waals surface area contributed by atoms with Gasteiger partial charge in [-0.05, 0) is 60.6 Å². The smallest absolute Gasteiger partial charge is 0.214 e. The van der Waals surface area contributed by atoms with E-state index in [-0.39, 0.29) is 46.7 Å². The number of halogens is 3. The van der Waals surface area contributed by atoms with Crippen LogP contribution in [0.15, 0.2) is 72.8 Å². The Morgan fingerprint density at radius 3 is 2.44 bits per heavy atom. The van der Waals surface area contributed by atoms with Crippen molar-refractivity contribution in [2.45, 2.75) is 19.4 Å². The van der Waals surface area contributed by atoms with Crippen molar-refractivity contribution in [1.29, 1.82) is 5.26 Å². The normalized spacial score (nSPS) is 16.6. The molecule has 0 saturated carbocycles. The summed E-state index contributed by atoms with van der Waals surface area (Å²) in [5.74, 6) is -1.29. The highest BCUT2D eigenvalue weighted by molar-refractivity contribution is 5.61. The summed E-state index contributed by atoms with van der Waals surface area (Å²) < 4.78 is 55.0. The second-order valence-corrected chi connectivity index (χ2v) is 8.57. The average Bonchev–Trinajstić information content (AvgIpc) is 2.89. The number of benzene rings is 2. The maximum absolute atomic E-state index is 15.1. The largest absolute Gasteiger partial charge is 0.473 e. The Labute approximate surface area is 208 Å². The lowest BCUT2D eigenvalue weighted by Crippen LogP contribution is -2.18. The van der Waals surface area contributed by atoms with E-state index in [0.29, 0.717) is 18.6 Å². The highest BCUT2D eigenvalue weighted by atomic mass is 19.1. The standard InChI is InChI=1S/C29H25F3N2O2/c1-35-12-11-20-5-2-3-6-21(20)14-23-15-27(32)24(16-26(23)31)28-7-4-8-29(34-28)36-18-22-10-9-19(17-33)13-25(22)30/h2-10,13,15-16,20-21H,11-12,14,18H2,1H3. The van der Waals surface area contributed by atoms with Crippen molar-refractivity contribution in [3.05, 3.63) is 107 Å². The highest BCUT2D eigenvalue weighted by Gasteiger charge is 2.22. The fraction of sp³-hybridized carbons (Fsp3) is 0.241. The first-order valence-corrected chi connectivity index (χ1v) is 11.6. The topological polar surface area (TPSA) is 55.1 Å². The zero-order valence-electron chi connectivity index (χ0n) is 19.8.